The molecule has 0 radical (unpaired) electrons. The number of rotatable bonds is 26. The third-order valence-electron chi connectivity index (χ3n) is 8.41. The number of benzene rings is 2. The molecule has 0 atom stereocenters. The first kappa shape index (κ1) is 47.1. The van der Waals surface area contributed by atoms with Crippen molar-refractivity contribution < 1.29 is 89.8 Å². The van der Waals surface area contributed by atoms with Crippen LogP contribution in [-0.4, -0.2) is 25.9 Å². The van der Waals surface area contributed by atoms with Gasteiger partial charge in [0.25, 0.3) is 0 Å². The number of unbranched alkanes of at least 4 members (excludes halogenated alkanes) is 18. The summed E-state index contributed by atoms with van der Waals surface area (Å²) in [5.74, 6) is -0.508. The Morgan fingerprint density at radius 2 is 0.745 bits per heavy atom. The molecule has 0 aliphatic heterocycles. The van der Waals surface area contributed by atoms with E-state index in [0.29, 0.717) is 12.8 Å². The summed E-state index contributed by atoms with van der Waals surface area (Å²) >= 11 is 0. The third-order valence-corrected chi connectivity index (χ3v) is 10.2. The second kappa shape index (κ2) is 26.8. The fraction of sp³-hybridized carbons (Fsp3) is 0.667. The molecule has 0 aromatic heterocycles. The van der Waals surface area contributed by atoms with Crippen molar-refractivity contribution in [2.24, 2.45) is 0 Å². The Balaban J connectivity index is 0.0000106. The molecule has 47 heavy (non-hydrogen) atoms. The van der Waals surface area contributed by atoms with E-state index in [1.807, 2.05) is 0 Å². The zero-order valence-corrected chi connectivity index (χ0v) is 35.3. The molecule has 2 aromatic carbocycles. The fourth-order valence-electron chi connectivity index (χ4n) is 5.74. The normalized spacial score (nSPS) is 11.6. The van der Waals surface area contributed by atoms with E-state index in [-0.39, 0.29) is 70.6 Å². The maximum Gasteiger partial charge on any atom is 1.00 e. The molecule has 0 bridgehead atoms. The van der Waals surface area contributed by atoms with Crippen LogP contribution in [0.2, 0.25) is 0 Å². The Morgan fingerprint density at radius 3 is 1.02 bits per heavy atom. The molecule has 0 spiro atoms. The van der Waals surface area contributed by atoms with Crippen LogP contribution in [0.5, 0.6) is 11.5 Å². The topological polar surface area (TPSA) is 124 Å². The average molecular weight is 711 g/mol. The van der Waals surface area contributed by atoms with Gasteiger partial charge in [0.2, 0.25) is 0 Å². The Kier molecular flexibility index (Phi) is 26.8. The van der Waals surface area contributed by atoms with Crippen LogP contribution in [0.4, 0.5) is 0 Å². The van der Waals surface area contributed by atoms with Crippen LogP contribution in [0, 0.1) is 0 Å². The van der Waals surface area contributed by atoms with Gasteiger partial charge < -0.3 is 13.8 Å². The van der Waals surface area contributed by atoms with Crippen molar-refractivity contribution in [3.63, 3.8) is 0 Å². The van der Waals surface area contributed by atoms with Crippen LogP contribution in [0.1, 0.15) is 153 Å². The van der Waals surface area contributed by atoms with Crippen LogP contribution in [-0.2, 0) is 33.1 Å². The van der Waals surface area contributed by atoms with Crippen LogP contribution < -0.4 is 63.9 Å². The Morgan fingerprint density at radius 1 is 0.468 bits per heavy atom. The van der Waals surface area contributed by atoms with E-state index in [0.717, 1.165) is 49.7 Å². The van der Waals surface area contributed by atoms with E-state index in [9.17, 15) is 25.9 Å². The second-order valence-corrected chi connectivity index (χ2v) is 15.1. The molecule has 2 aromatic rings. The molecule has 0 saturated carbocycles. The monoisotopic (exact) mass is 710 g/mol. The maximum absolute atomic E-state index is 12.0. The fourth-order valence-corrected chi connectivity index (χ4v) is 6.90. The first-order valence-corrected chi connectivity index (χ1v) is 20.2. The molecule has 256 valence electrons. The number of aryl methyl sites for hydroxylation is 2. The van der Waals surface area contributed by atoms with Gasteiger partial charge in [-0.25, -0.2) is 16.8 Å². The van der Waals surface area contributed by atoms with Crippen molar-refractivity contribution in [3.8, 4) is 11.5 Å². The molecular weight excluding hydrogens is 655 g/mol. The van der Waals surface area contributed by atoms with Crippen molar-refractivity contribution >= 4 is 20.2 Å². The van der Waals surface area contributed by atoms with Gasteiger partial charge in [-0.15, -0.1) is 0 Å². The molecule has 11 heteroatoms. The van der Waals surface area contributed by atoms with E-state index in [4.69, 9.17) is 4.74 Å². The Labute approximate surface area is 330 Å². The standard InChI is InChI=1S/C36H58O7S2.2Na/c1-3-5-7-9-11-13-15-17-19-21-23-31-25-27-35(44(37,38)39)33(29-31)43-34-30-32(26-28-36(34)45(40,41)42)24-22-20-18-16-14-12-10-8-6-4-2;;/h25-30H,3-24H2,1-2H3,(H,37,38,39)(H,40,41,42);;/q;2*+1/p-2. The van der Waals surface area contributed by atoms with Crippen molar-refractivity contribution in [2.75, 3.05) is 0 Å². The van der Waals surface area contributed by atoms with Gasteiger partial charge in [-0.2, -0.15) is 0 Å². The van der Waals surface area contributed by atoms with Gasteiger partial charge >= 0.3 is 59.1 Å². The van der Waals surface area contributed by atoms with Gasteiger partial charge in [0.15, 0.2) is 0 Å². The molecule has 2 rings (SSSR count). The summed E-state index contributed by atoms with van der Waals surface area (Å²) in [7, 11) is -9.82. The molecule has 0 heterocycles. The van der Waals surface area contributed by atoms with Gasteiger partial charge in [0, 0.05) is 0 Å². The minimum atomic E-state index is -4.91. The van der Waals surface area contributed by atoms with Crippen LogP contribution >= 0.6 is 0 Å². The molecule has 0 amide bonds. The van der Waals surface area contributed by atoms with Gasteiger partial charge in [0.05, 0.1) is 9.79 Å². The smallest absolute Gasteiger partial charge is 0.744 e. The van der Waals surface area contributed by atoms with Gasteiger partial charge in [-0.3, -0.25) is 0 Å². The van der Waals surface area contributed by atoms with Gasteiger partial charge in [0.1, 0.15) is 31.7 Å². The van der Waals surface area contributed by atoms with Crippen molar-refractivity contribution in [3.05, 3.63) is 47.5 Å². The van der Waals surface area contributed by atoms with Crippen LogP contribution in [0.3, 0.4) is 0 Å². The summed E-state index contributed by atoms with van der Waals surface area (Å²) in [5.41, 5.74) is 1.56. The van der Waals surface area contributed by atoms with E-state index in [1.54, 1.807) is 12.1 Å². The van der Waals surface area contributed by atoms with Crippen LogP contribution in [0.15, 0.2) is 46.2 Å². The quantitative estimate of drug-likeness (QED) is 0.0814. The minimum Gasteiger partial charge on any atom is -0.744 e. The summed E-state index contributed by atoms with van der Waals surface area (Å²) in [4.78, 5) is -1.16. The summed E-state index contributed by atoms with van der Waals surface area (Å²) in [6.45, 7) is 4.43. The van der Waals surface area contributed by atoms with Gasteiger partial charge in [-0.1, -0.05) is 142 Å². The van der Waals surface area contributed by atoms with Crippen molar-refractivity contribution in [1.29, 1.82) is 0 Å². The summed E-state index contributed by atoms with van der Waals surface area (Å²) < 4.78 is 78.1. The van der Waals surface area contributed by atoms with E-state index in [2.05, 4.69) is 13.8 Å². The summed E-state index contributed by atoms with van der Waals surface area (Å²) in [5, 5.41) is 0. The van der Waals surface area contributed by atoms with E-state index in [1.165, 1.54) is 114 Å². The van der Waals surface area contributed by atoms with Crippen molar-refractivity contribution in [1.82, 2.24) is 0 Å². The van der Waals surface area contributed by atoms with Crippen molar-refractivity contribution in [2.45, 2.75) is 165 Å². The predicted octanol–water partition coefficient (Wildman–Crippen LogP) is 4.22. The molecule has 0 N–H and O–H groups in total. The number of hydrogen-bond acceptors (Lipinski definition) is 7. The Bertz CT molecular complexity index is 1230. The molecular formula is C36H56Na2O7S2. The summed E-state index contributed by atoms with van der Waals surface area (Å²) in [6, 6.07) is 8.57. The minimum absolute atomic E-state index is 0. The Hall–Kier alpha value is 0.0600. The number of ether oxygens (including phenoxy) is 1. The third kappa shape index (κ3) is 20.5. The maximum atomic E-state index is 12.0. The average Bonchev–Trinajstić information content (AvgIpc) is 2.98. The first-order valence-electron chi connectivity index (χ1n) is 17.4. The SMILES string of the molecule is CCCCCCCCCCCCc1ccc(S(=O)(=O)[O-])c(Oc2cc(CCCCCCCCCCCC)ccc2S(=O)(=O)[O-])c1.[Na+].[Na+]. The molecule has 0 fully saturated rings. The van der Waals surface area contributed by atoms with E-state index < -0.39 is 30.0 Å². The van der Waals surface area contributed by atoms with E-state index >= 15 is 0 Å². The van der Waals surface area contributed by atoms with Crippen LogP contribution in [0.25, 0.3) is 0 Å². The zero-order chi connectivity index (χ0) is 33.0. The first-order chi connectivity index (χ1) is 21.6. The largest absolute Gasteiger partial charge is 1.00 e. The number of hydrogen-bond donors (Lipinski definition) is 0. The molecule has 7 nitrogen and oxygen atoms in total. The zero-order valence-electron chi connectivity index (χ0n) is 29.7. The second-order valence-electron chi connectivity index (χ2n) is 12.4. The van der Waals surface area contributed by atoms with Gasteiger partial charge in [-0.05, 0) is 61.1 Å². The predicted molar refractivity (Wildman–Crippen MR) is 180 cm³/mol. The molecule has 0 aliphatic rings. The molecule has 0 saturated heterocycles. The molecule has 0 aliphatic carbocycles. The molecule has 0 unspecified atom stereocenters. The summed E-state index contributed by atoms with van der Waals surface area (Å²) in [6.07, 6.45) is 25.1.